The Labute approximate surface area is 156 Å². The molecule has 0 bridgehead atoms. The van der Waals surface area contributed by atoms with Gasteiger partial charge in [0.2, 0.25) is 0 Å². The molecular formula is C21H27NO3S. The molecule has 26 heavy (non-hydrogen) atoms. The Morgan fingerprint density at radius 3 is 2.50 bits per heavy atom. The number of nitrogens with zero attached hydrogens (tertiary/aromatic N) is 1. The van der Waals surface area contributed by atoms with E-state index in [2.05, 4.69) is 29.2 Å². The Kier molecular flexibility index (Phi) is 6.46. The molecule has 0 radical (unpaired) electrons. The molecule has 1 saturated heterocycles. The molecule has 0 amide bonds. The van der Waals surface area contributed by atoms with Gasteiger partial charge in [0.05, 0.1) is 11.5 Å². The fraction of sp³-hybridized carbons (Fsp3) is 0.429. The van der Waals surface area contributed by atoms with Gasteiger partial charge in [-0.25, -0.2) is 0 Å². The molecule has 0 aromatic heterocycles. The highest BCUT2D eigenvalue weighted by molar-refractivity contribution is 7.86. The Morgan fingerprint density at radius 2 is 1.77 bits per heavy atom. The molecule has 1 unspecified atom stereocenters. The van der Waals surface area contributed by atoms with Crippen LogP contribution in [-0.4, -0.2) is 33.0 Å². The van der Waals surface area contributed by atoms with Crippen molar-refractivity contribution in [3.8, 4) is 0 Å². The molecule has 1 heterocycles. The van der Waals surface area contributed by atoms with E-state index < -0.39 is 10.1 Å². The lowest BCUT2D eigenvalue weighted by atomic mass is 10.0. The molecule has 4 nitrogen and oxygen atoms in total. The normalized spacial score (nSPS) is 19.2. The first-order valence-electron chi connectivity index (χ1n) is 9.25. The molecule has 2 aromatic rings. The topological polar surface area (TPSA) is 46.6 Å². The van der Waals surface area contributed by atoms with E-state index in [1.807, 2.05) is 13.0 Å². The predicted molar refractivity (Wildman–Crippen MR) is 103 cm³/mol. The summed E-state index contributed by atoms with van der Waals surface area (Å²) in [6.07, 6.45) is 3.27. The fourth-order valence-electron chi connectivity index (χ4n) is 3.40. The lowest BCUT2D eigenvalue weighted by molar-refractivity contribution is 0.186. The number of likely N-dealkylation sites (tertiary alicyclic amines) is 1. The molecule has 1 atom stereocenters. The maximum absolute atomic E-state index is 12.4. The van der Waals surface area contributed by atoms with Crippen LogP contribution >= 0.6 is 0 Å². The minimum Gasteiger partial charge on any atom is -0.299 e. The van der Waals surface area contributed by atoms with Crippen LogP contribution in [0.1, 0.15) is 30.4 Å². The smallest absolute Gasteiger partial charge is 0.296 e. The predicted octanol–water partition coefficient (Wildman–Crippen LogP) is 4.00. The van der Waals surface area contributed by atoms with E-state index in [1.165, 1.54) is 5.56 Å². The van der Waals surface area contributed by atoms with E-state index in [9.17, 15) is 8.42 Å². The molecule has 1 aliphatic rings. The molecule has 0 saturated carbocycles. The standard InChI is InChI=1S/C21H27NO3S/c1-18-10-12-21(13-11-18)26(23,24)25-17-20-9-5-6-14-22(16-20)15-19-7-3-2-4-8-19/h2-4,7-8,10-13,20H,5-6,9,14-17H2,1H3. The second kappa shape index (κ2) is 8.80. The first kappa shape index (κ1) is 19.1. The van der Waals surface area contributed by atoms with E-state index in [0.717, 1.165) is 44.5 Å². The third-order valence-electron chi connectivity index (χ3n) is 4.87. The zero-order chi connectivity index (χ0) is 18.4. The highest BCUT2D eigenvalue weighted by atomic mass is 32.2. The van der Waals surface area contributed by atoms with E-state index in [1.54, 1.807) is 24.3 Å². The molecule has 1 aliphatic heterocycles. The van der Waals surface area contributed by atoms with Crippen LogP contribution in [0.2, 0.25) is 0 Å². The lowest BCUT2D eigenvalue weighted by Crippen LogP contribution is -2.30. The van der Waals surface area contributed by atoms with Crippen molar-refractivity contribution in [2.75, 3.05) is 19.7 Å². The minimum atomic E-state index is -3.68. The highest BCUT2D eigenvalue weighted by Crippen LogP contribution is 2.21. The summed E-state index contributed by atoms with van der Waals surface area (Å²) in [4.78, 5) is 2.65. The monoisotopic (exact) mass is 373 g/mol. The average Bonchev–Trinajstić information content (AvgIpc) is 2.86. The van der Waals surface area contributed by atoms with E-state index in [0.29, 0.717) is 0 Å². The largest absolute Gasteiger partial charge is 0.299 e. The molecule has 2 aromatic carbocycles. The van der Waals surface area contributed by atoms with Crippen molar-refractivity contribution in [1.82, 2.24) is 4.90 Å². The first-order chi connectivity index (χ1) is 12.5. The van der Waals surface area contributed by atoms with Gasteiger partial charge >= 0.3 is 0 Å². The second-order valence-corrected chi connectivity index (χ2v) is 8.75. The van der Waals surface area contributed by atoms with Crippen LogP contribution in [0.4, 0.5) is 0 Å². The van der Waals surface area contributed by atoms with Gasteiger partial charge in [0, 0.05) is 13.1 Å². The number of hydrogen-bond acceptors (Lipinski definition) is 4. The van der Waals surface area contributed by atoms with Crippen molar-refractivity contribution < 1.29 is 12.6 Å². The number of hydrogen-bond donors (Lipinski definition) is 0. The third-order valence-corrected chi connectivity index (χ3v) is 6.17. The van der Waals surface area contributed by atoms with E-state index in [-0.39, 0.29) is 17.4 Å². The Bertz CT molecular complexity index is 788. The van der Waals surface area contributed by atoms with Crippen LogP contribution in [0.3, 0.4) is 0 Å². The summed E-state index contributed by atoms with van der Waals surface area (Å²) < 4.78 is 30.2. The van der Waals surface area contributed by atoms with Crippen LogP contribution in [0.15, 0.2) is 59.5 Å². The number of benzene rings is 2. The zero-order valence-electron chi connectivity index (χ0n) is 15.3. The zero-order valence-corrected chi connectivity index (χ0v) is 16.1. The lowest BCUT2D eigenvalue weighted by Gasteiger charge is -2.24. The Hall–Kier alpha value is -1.69. The van der Waals surface area contributed by atoms with Gasteiger partial charge in [-0.2, -0.15) is 8.42 Å². The molecule has 140 valence electrons. The number of aryl methyl sites for hydroxylation is 1. The van der Waals surface area contributed by atoms with Gasteiger partial charge in [0.15, 0.2) is 0 Å². The maximum atomic E-state index is 12.4. The summed E-state index contributed by atoms with van der Waals surface area (Å²) in [7, 11) is -3.68. The van der Waals surface area contributed by atoms with Gasteiger partial charge < -0.3 is 0 Å². The van der Waals surface area contributed by atoms with Crippen molar-refractivity contribution in [3.63, 3.8) is 0 Å². The van der Waals surface area contributed by atoms with Gasteiger partial charge in [0.1, 0.15) is 0 Å². The van der Waals surface area contributed by atoms with Crippen molar-refractivity contribution in [3.05, 3.63) is 65.7 Å². The van der Waals surface area contributed by atoms with Crippen molar-refractivity contribution in [2.45, 2.75) is 37.6 Å². The fourth-order valence-corrected chi connectivity index (χ4v) is 4.37. The number of rotatable bonds is 6. The molecule has 0 spiro atoms. The summed E-state index contributed by atoms with van der Waals surface area (Å²) in [5.41, 5.74) is 2.32. The van der Waals surface area contributed by atoms with Crippen LogP contribution in [0.5, 0.6) is 0 Å². The molecule has 0 N–H and O–H groups in total. The van der Waals surface area contributed by atoms with Gasteiger partial charge in [-0.15, -0.1) is 0 Å². The summed E-state index contributed by atoms with van der Waals surface area (Å²) in [6.45, 7) is 5.02. The Balaban J connectivity index is 1.58. The summed E-state index contributed by atoms with van der Waals surface area (Å²) >= 11 is 0. The third kappa shape index (κ3) is 5.40. The van der Waals surface area contributed by atoms with Crippen molar-refractivity contribution in [1.29, 1.82) is 0 Å². The van der Waals surface area contributed by atoms with Crippen LogP contribution < -0.4 is 0 Å². The minimum absolute atomic E-state index is 0.234. The molecule has 5 heteroatoms. The quantitative estimate of drug-likeness (QED) is 0.718. The van der Waals surface area contributed by atoms with E-state index in [4.69, 9.17) is 4.18 Å². The van der Waals surface area contributed by atoms with Gasteiger partial charge in [0.25, 0.3) is 10.1 Å². The molecule has 0 aliphatic carbocycles. The van der Waals surface area contributed by atoms with Crippen molar-refractivity contribution in [2.24, 2.45) is 5.92 Å². The first-order valence-corrected chi connectivity index (χ1v) is 10.7. The SMILES string of the molecule is Cc1ccc(S(=O)(=O)OCC2CCCCN(Cc3ccccc3)C2)cc1. The molecule has 1 fully saturated rings. The average molecular weight is 374 g/mol. The summed E-state index contributed by atoms with van der Waals surface area (Å²) in [5.74, 6) is 0.237. The van der Waals surface area contributed by atoms with E-state index >= 15 is 0 Å². The molecule has 3 rings (SSSR count). The Morgan fingerprint density at radius 1 is 1.04 bits per heavy atom. The summed E-state index contributed by atoms with van der Waals surface area (Å²) in [5, 5.41) is 0. The van der Waals surface area contributed by atoms with Crippen LogP contribution in [-0.2, 0) is 20.8 Å². The maximum Gasteiger partial charge on any atom is 0.296 e. The van der Waals surface area contributed by atoms with Gasteiger partial charge in [-0.05, 0) is 49.9 Å². The van der Waals surface area contributed by atoms with Gasteiger partial charge in [-0.1, -0.05) is 54.4 Å². The summed E-state index contributed by atoms with van der Waals surface area (Å²) in [6, 6.07) is 17.2. The highest BCUT2D eigenvalue weighted by Gasteiger charge is 2.22. The van der Waals surface area contributed by atoms with Crippen LogP contribution in [0.25, 0.3) is 0 Å². The second-order valence-electron chi connectivity index (χ2n) is 7.13. The van der Waals surface area contributed by atoms with Crippen LogP contribution in [0, 0.1) is 12.8 Å². The van der Waals surface area contributed by atoms with Gasteiger partial charge in [-0.3, -0.25) is 9.08 Å². The van der Waals surface area contributed by atoms with Crippen molar-refractivity contribution >= 4 is 10.1 Å². The molecular weight excluding hydrogens is 346 g/mol.